The zero-order valence-corrected chi connectivity index (χ0v) is 35.1. The summed E-state index contributed by atoms with van der Waals surface area (Å²) in [6, 6.07) is 77.6. The van der Waals surface area contributed by atoms with Crippen LogP contribution in [0.3, 0.4) is 0 Å². The third-order valence-corrected chi connectivity index (χ3v) is 15.7. The molecule has 14 aromatic rings. The lowest BCUT2D eigenvalue weighted by molar-refractivity contribution is 1.64. The normalized spacial score (nSPS) is 12.2. The molecular formula is C60H34S2. The molecule has 0 aliphatic heterocycles. The van der Waals surface area contributed by atoms with Gasteiger partial charge in [0.05, 0.1) is 0 Å². The van der Waals surface area contributed by atoms with Crippen LogP contribution in [-0.4, -0.2) is 0 Å². The summed E-state index contributed by atoms with van der Waals surface area (Å²) in [5.41, 5.74) is 9.97. The van der Waals surface area contributed by atoms with Gasteiger partial charge >= 0.3 is 0 Å². The summed E-state index contributed by atoms with van der Waals surface area (Å²) in [4.78, 5) is 0. The van der Waals surface area contributed by atoms with Gasteiger partial charge in [-0.3, -0.25) is 0 Å². The largest absolute Gasteiger partial charge is 0.135 e. The summed E-state index contributed by atoms with van der Waals surface area (Å²) < 4.78 is 5.31. The Bertz CT molecular complexity index is 3860. The maximum atomic E-state index is 2.46. The molecule has 0 aliphatic rings. The van der Waals surface area contributed by atoms with Crippen LogP contribution in [-0.2, 0) is 0 Å². The molecule has 0 bridgehead atoms. The van der Waals surface area contributed by atoms with Crippen LogP contribution >= 0.6 is 22.7 Å². The SMILES string of the molecule is c1ccc(-c2cc(-c3ccc4sc5ccc6ccccc6c5c4c3)c3ccc4c(-c5ccccc5)cc(-c5ccc6sc7ccc8ccccc8c7c6c5)c5ccc2c3c45)cc1. The fraction of sp³-hybridized carbons (Fsp3) is 0. The van der Waals surface area contributed by atoms with E-state index in [0.29, 0.717) is 0 Å². The van der Waals surface area contributed by atoms with Gasteiger partial charge in [-0.25, -0.2) is 0 Å². The molecule has 0 saturated carbocycles. The van der Waals surface area contributed by atoms with Crippen LogP contribution in [0, 0.1) is 0 Å². The first-order valence-electron chi connectivity index (χ1n) is 21.3. The second kappa shape index (κ2) is 13.1. The van der Waals surface area contributed by atoms with Gasteiger partial charge in [-0.1, -0.05) is 158 Å². The van der Waals surface area contributed by atoms with Crippen molar-refractivity contribution in [3.05, 3.63) is 206 Å². The van der Waals surface area contributed by atoms with E-state index in [1.165, 1.54) is 139 Å². The molecule has 0 N–H and O–H groups in total. The van der Waals surface area contributed by atoms with Crippen molar-refractivity contribution in [1.82, 2.24) is 0 Å². The van der Waals surface area contributed by atoms with Gasteiger partial charge in [-0.2, -0.15) is 0 Å². The molecule has 12 aromatic carbocycles. The van der Waals surface area contributed by atoms with Crippen molar-refractivity contribution >= 4 is 117 Å². The minimum Gasteiger partial charge on any atom is -0.135 e. The van der Waals surface area contributed by atoms with E-state index in [9.17, 15) is 0 Å². The number of fused-ring (bicyclic) bond motifs is 10. The van der Waals surface area contributed by atoms with Crippen molar-refractivity contribution in [3.8, 4) is 44.5 Å². The van der Waals surface area contributed by atoms with E-state index < -0.39 is 0 Å². The third kappa shape index (κ3) is 4.94. The maximum absolute atomic E-state index is 2.46. The zero-order valence-electron chi connectivity index (χ0n) is 33.4. The van der Waals surface area contributed by atoms with Gasteiger partial charge in [0.15, 0.2) is 0 Å². The molecule has 14 rings (SSSR count). The molecule has 2 heterocycles. The lowest BCUT2D eigenvalue weighted by atomic mass is 9.82. The minimum absolute atomic E-state index is 1.23. The smallest absolute Gasteiger partial charge is 0.0361 e. The summed E-state index contributed by atoms with van der Waals surface area (Å²) in [5.74, 6) is 0. The first kappa shape index (κ1) is 34.4. The number of benzene rings is 12. The van der Waals surface area contributed by atoms with E-state index in [0.717, 1.165) is 0 Å². The molecule has 0 spiro atoms. The van der Waals surface area contributed by atoms with Gasteiger partial charge in [0, 0.05) is 40.3 Å². The molecule has 0 nitrogen and oxygen atoms in total. The van der Waals surface area contributed by atoms with Crippen LogP contribution in [0.4, 0.5) is 0 Å². The molecule has 286 valence electrons. The van der Waals surface area contributed by atoms with Crippen LogP contribution in [0.1, 0.15) is 0 Å². The fourth-order valence-corrected chi connectivity index (χ4v) is 12.8. The predicted octanol–water partition coefficient (Wildman–Crippen LogP) is 18.3. The standard InChI is InChI=1S/C60H34S2/c1-3-11-35(12-4-1)47-33-49(39-21-27-53-51(31-39)57-41-17-9-7-15-37(41)19-29-55(57)61-53)45-26-24-44-48(36-13-5-2-6-14-36)34-50(46-25-23-43(47)59(45)60(44)46)40-22-28-54-52(32-40)58-42-18-10-8-16-38(42)20-30-56(58)62-54/h1-34H. The summed E-state index contributed by atoms with van der Waals surface area (Å²) in [6.07, 6.45) is 0. The highest BCUT2D eigenvalue weighted by Crippen LogP contribution is 2.50. The summed E-state index contributed by atoms with van der Waals surface area (Å²) in [7, 11) is 0. The minimum atomic E-state index is 1.23. The van der Waals surface area contributed by atoms with Crippen LogP contribution in [0.2, 0.25) is 0 Å². The van der Waals surface area contributed by atoms with Gasteiger partial charge in [-0.15, -0.1) is 22.7 Å². The quantitative estimate of drug-likeness (QED) is 0.155. The Morgan fingerprint density at radius 3 is 1.02 bits per heavy atom. The Labute approximate surface area is 365 Å². The van der Waals surface area contributed by atoms with Crippen LogP contribution in [0.25, 0.3) is 139 Å². The second-order valence-corrected chi connectivity index (χ2v) is 18.9. The van der Waals surface area contributed by atoms with Crippen molar-refractivity contribution in [2.24, 2.45) is 0 Å². The Balaban J connectivity index is 1.10. The molecule has 62 heavy (non-hydrogen) atoms. The lowest BCUT2D eigenvalue weighted by Crippen LogP contribution is -1.94. The molecule has 0 unspecified atom stereocenters. The van der Waals surface area contributed by atoms with Crippen molar-refractivity contribution < 1.29 is 0 Å². The Morgan fingerprint density at radius 2 is 0.581 bits per heavy atom. The van der Waals surface area contributed by atoms with E-state index in [1.54, 1.807) is 0 Å². The Morgan fingerprint density at radius 1 is 0.210 bits per heavy atom. The average molecular weight is 819 g/mol. The van der Waals surface area contributed by atoms with Gasteiger partial charge in [0.25, 0.3) is 0 Å². The molecule has 0 fully saturated rings. The molecule has 0 saturated heterocycles. The monoisotopic (exact) mass is 818 g/mol. The lowest BCUT2D eigenvalue weighted by Gasteiger charge is -2.21. The second-order valence-electron chi connectivity index (χ2n) is 16.7. The fourth-order valence-electron chi connectivity index (χ4n) is 10.6. The van der Waals surface area contributed by atoms with E-state index in [4.69, 9.17) is 0 Å². The highest BCUT2D eigenvalue weighted by Gasteiger charge is 2.22. The highest BCUT2D eigenvalue weighted by atomic mass is 32.1. The summed E-state index contributed by atoms with van der Waals surface area (Å²) in [5, 5.41) is 18.3. The first-order chi connectivity index (χ1) is 30.7. The van der Waals surface area contributed by atoms with Crippen molar-refractivity contribution in [2.45, 2.75) is 0 Å². The number of rotatable bonds is 4. The van der Waals surface area contributed by atoms with Crippen LogP contribution in [0.5, 0.6) is 0 Å². The number of hydrogen-bond donors (Lipinski definition) is 0. The molecule has 0 radical (unpaired) electrons. The zero-order chi connectivity index (χ0) is 40.5. The summed E-state index contributed by atoms with van der Waals surface area (Å²) >= 11 is 3.78. The van der Waals surface area contributed by atoms with Crippen LogP contribution < -0.4 is 0 Å². The van der Waals surface area contributed by atoms with E-state index >= 15 is 0 Å². The highest BCUT2D eigenvalue weighted by molar-refractivity contribution is 7.26. The van der Waals surface area contributed by atoms with Gasteiger partial charge in [0.1, 0.15) is 0 Å². The third-order valence-electron chi connectivity index (χ3n) is 13.4. The van der Waals surface area contributed by atoms with E-state index in [1.807, 2.05) is 22.7 Å². The van der Waals surface area contributed by atoms with Gasteiger partial charge < -0.3 is 0 Å². The topological polar surface area (TPSA) is 0 Å². The van der Waals surface area contributed by atoms with Gasteiger partial charge in [-0.05, 0) is 147 Å². The van der Waals surface area contributed by atoms with Crippen molar-refractivity contribution in [1.29, 1.82) is 0 Å². The molecule has 0 aliphatic carbocycles. The van der Waals surface area contributed by atoms with E-state index in [-0.39, 0.29) is 0 Å². The number of thiophene rings is 2. The molecular weight excluding hydrogens is 785 g/mol. The molecule has 0 atom stereocenters. The first-order valence-corrected chi connectivity index (χ1v) is 22.9. The molecule has 0 amide bonds. The molecule has 2 heteroatoms. The average Bonchev–Trinajstić information content (AvgIpc) is 3.92. The molecule has 2 aromatic heterocycles. The maximum Gasteiger partial charge on any atom is 0.0361 e. The summed E-state index contributed by atoms with van der Waals surface area (Å²) in [6.45, 7) is 0. The number of hydrogen-bond acceptors (Lipinski definition) is 2. The van der Waals surface area contributed by atoms with Crippen molar-refractivity contribution in [2.75, 3.05) is 0 Å². The van der Waals surface area contributed by atoms with Crippen molar-refractivity contribution in [3.63, 3.8) is 0 Å². The van der Waals surface area contributed by atoms with Crippen LogP contribution in [0.15, 0.2) is 206 Å². The van der Waals surface area contributed by atoms with Gasteiger partial charge in [0.2, 0.25) is 0 Å². The van der Waals surface area contributed by atoms with E-state index in [2.05, 4.69) is 206 Å². The predicted molar refractivity (Wildman–Crippen MR) is 273 cm³/mol. The Kier molecular flexibility index (Phi) is 7.24. The Hall–Kier alpha value is -7.36.